The van der Waals surface area contributed by atoms with E-state index in [-0.39, 0.29) is 0 Å². The maximum atomic E-state index is 5.28. The Labute approximate surface area is 364 Å². The number of benzene rings is 7. The summed E-state index contributed by atoms with van der Waals surface area (Å²) in [5, 5.41) is 5.79. The second-order valence-electron chi connectivity index (χ2n) is 15.8. The number of hydrogen-bond acceptors (Lipinski definition) is 6. The van der Waals surface area contributed by atoms with Crippen molar-refractivity contribution < 1.29 is 0 Å². The van der Waals surface area contributed by atoms with Crippen molar-refractivity contribution in [2.75, 3.05) is 0 Å². The van der Waals surface area contributed by atoms with Crippen LogP contribution in [0.2, 0.25) is 0 Å². The van der Waals surface area contributed by atoms with Gasteiger partial charge in [0.15, 0.2) is 5.82 Å². The van der Waals surface area contributed by atoms with Gasteiger partial charge in [-0.25, -0.2) is 15.0 Å². The highest BCUT2D eigenvalue weighted by atomic mass is 32.1. The van der Waals surface area contributed by atoms with Crippen LogP contribution in [0.5, 0.6) is 0 Å². The summed E-state index contributed by atoms with van der Waals surface area (Å²) >= 11 is 1.78. The van der Waals surface area contributed by atoms with Crippen LogP contribution in [0.15, 0.2) is 201 Å². The Kier molecular flexibility index (Phi) is 7.94. The van der Waals surface area contributed by atoms with E-state index in [4.69, 9.17) is 24.9 Å². The standard InChI is InChI=1S/C55H33N7S/c1-3-12-34(13-4-1)44-31-53(60-55(59-44)35-14-5-2-6-15-35)62-48-19-10-8-17-40(48)42-28-36(22-25-49(42)62)45-32-56-33-46(58-45)37-21-24-41-39-16-7-9-18-47(39)61(50(41)29-37)38-23-26-51-43(30-38)54-52(63-51)20-11-27-57-54/h1-33H. The highest BCUT2D eigenvalue weighted by Crippen LogP contribution is 2.39. The Morgan fingerprint density at radius 2 is 1.05 bits per heavy atom. The molecular formula is C55H33N7S. The zero-order valence-corrected chi connectivity index (χ0v) is 34.4. The number of fused-ring (bicyclic) bond motifs is 9. The van der Waals surface area contributed by atoms with Crippen LogP contribution in [0.1, 0.15) is 0 Å². The molecule has 0 aliphatic heterocycles. The second-order valence-corrected chi connectivity index (χ2v) is 16.8. The van der Waals surface area contributed by atoms with Crippen molar-refractivity contribution in [3.63, 3.8) is 0 Å². The third-order valence-corrected chi connectivity index (χ3v) is 13.2. The van der Waals surface area contributed by atoms with Gasteiger partial charge in [0.2, 0.25) is 0 Å². The van der Waals surface area contributed by atoms with Crippen LogP contribution in [0.3, 0.4) is 0 Å². The van der Waals surface area contributed by atoms with Crippen molar-refractivity contribution in [2.24, 2.45) is 0 Å². The van der Waals surface area contributed by atoms with E-state index in [1.165, 1.54) is 25.6 Å². The Bertz CT molecular complexity index is 3870. The summed E-state index contributed by atoms with van der Waals surface area (Å²) < 4.78 is 7.04. The number of nitrogens with zero attached hydrogens (tertiary/aromatic N) is 7. The van der Waals surface area contributed by atoms with Crippen molar-refractivity contribution >= 4 is 75.3 Å². The smallest absolute Gasteiger partial charge is 0.162 e. The summed E-state index contributed by atoms with van der Waals surface area (Å²) in [4.78, 5) is 25.1. The molecule has 0 radical (unpaired) electrons. The first-order valence-electron chi connectivity index (χ1n) is 20.9. The zero-order valence-electron chi connectivity index (χ0n) is 33.6. The van der Waals surface area contributed by atoms with Gasteiger partial charge in [0.05, 0.1) is 61.8 Å². The molecule has 0 saturated carbocycles. The van der Waals surface area contributed by atoms with Gasteiger partial charge in [0.25, 0.3) is 0 Å². The summed E-state index contributed by atoms with van der Waals surface area (Å²) in [5.74, 6) is 1.48. The number of thiophene rings is 1. The van der Waals surface area contributed by atoms with Crippen LogP contribution in [0.25, 0.3) is 121 Å². The third-order valence-electron chi connectivity index (χ3n) is 12.1. The molecule has 0 amide bonds. The fourth-order valence-electron chi connectivity index (χ4n) is 9.18. The van der Waals surface area contributed by atoms with E-state index < -0.39 is 0 Å². The molecule has 6 aromatic heterocycles. The monoisotopic (exact) mass is 823 g/mol. The fourth-order valence-corrected chi connectivity index (χ4v) is 10.2. The number of hydrogen-bond donors (Lipinski definition) is 0. The lowest BCUT2D eigenvalue weighted by molar-refractivity contribution is 1.05. The fraction of sp³-hybridized carbons (Fsp3) is 0. The normalized spacial score (nSPS) is 11.8. The predicted molar refractivity (Wildman–Crippen MR) is 259 cm³/mol. The van der Waals surface area contributed by atoms with Gasteiger partial charge in [-0.2, -0.15) is 0 Å². The lowest BCUT2D eigenvalue weighted by Crippen LogP contribution is -2.02. The largest absolute Gasteiger partial charge is 0.309 e. The third kappa shape index (κ3) is 5.76. The zero-order chi connectivity index (χ0) is 41.4. The van der Waals surface area contributed by atoms with Gasteiger partial charge in [-0.3, -0.25) is 14.5 Å². The minimum atomic E-state index is 0.676. The van der Waals surface area contributed by atoms with E-state index in [1.807, 2.05) is 61.1 Å². The minimum absolute atomic E-state index is 0.676. The Balaban J connectivity index is 0.937. The molecule has 7 aromatic carbocycles. The quantitative estimate of drug-likeness (QED) is 0.167. The summed E-state index contributed by atoms with van der Waals surface area (Å²) in [5.41, 5.74) is 12.9. The summed E-state index contributed by atoms with van der Waals surface area (Å²) in [6.45, 7) is 0. The Hall–Kier alpha value is -8.33. The van der Waals surface area contributed by atoms with Crippen LogP contribution < -0.4 is 0 Å². The van der Waals surface area contributed by atoms with Crippen LogP contribution in [-0.4, -0.2) is 34.1 Å². The van der Waals surface area contributed by atoms with Gasteiger partial charge >= 0.3 is 0 Å². The molecule has 13 aromatic rings. The molecule has 13 rings (SSSR count). The van der Waals surface area contributed by atoms with Crippen molar-refractivity contribution in [1.29, 1.82) is 0 Å². The van der Waals surface area contributed by atoms with Crippen molar-refractivity contribution in [1.82, 2.24) is 34.1 Å². The molecule has 0 aliphatic rings. The van der Waals surface area contributed by atoms with E-state index in [0.29, 0.717) is 5.82 Å². The van der Waals surface area contributed by atoms with Crippen LogP contribution >= 0.6 is 11.3 Å². The highest BCUT2D eigenvalue weighted by molar-refractivity contribution is 7.25. The lowest BCUT2D eigenvalue weighted by atomic mass is 10.1. The van der Waals surface area contributed by atoms with Gasteiger partial charge in [-0.1, -0.05) is 115 Å². The van der Waals surface area contributed by atoms with Crippen LogP contribution in [0, 0.1) is 0 Å². The lowest BCUT2D eigenvalue weighted by Gasteiger charge is -2.12. The molecule has 63 heavy (non-hydrogen) atoms. The first-order chi connectivity index (χ1) is 31.2. The molecule has 0 aliphatic carbocycles. The topological polar surface area (TPSA) is 74.3 Å². The average Bonchev–Trinajstić information content (AvgIpc) is 4.01. The van der Waals surface area contributed by atoms with Gasteiger partial charge < -0.3 is 4.57 Å². The molecule has 0 spiro atoms. The highest BCUT2D eigenvalue weighted by Gasteiger charge is 2.19. The number of aromatic nitrogens is 7. The molecule has 7 nitrogen and oxygen atoms in total. The maximum absolute atomic E-state index is 5.28. The van der Waals surface area contributed by atoms with E-state index >= 15 is 0 Å². The summed E-state index contributed by atoms with van der Waals surface area (Å²) in [6, 6.07) is 63.8. The SMILES string of the molecule is c1ccc(-c2cc(-n3c4ccccc4c4cc(-c5cncc(-c6ccc7c8ccccc8n(-c8ccc9sc%10cccnc%10c9c8)c7c6)n5)ccc43)nc(-c3ccccc3)n2)cc1. The van der Waals surface area contributed by atoms with Crippen LogP contribution in [0.4, 0.5) is 0 Å². The van der Waals surface area contributed by atoms with Gasteiger partial charge in [0.1, 0.15) is 5.82 Å². The Morgan fingerprint density at radius 3 is 1.86 bits per heavy atom. The number of rotatable bonds is 6. The molecule has 294 valence electrons. The van der Waals surface area contributed by atoms with E-state index in [1.54, 1.807) is 11.3 Å². The Morgan fingerprint density at radius 1 is 0.381 bits per heavy atom. The number of para-hydroxylation sites is 2. The maximum Gasteiger partial charge on any atom is 0.162 e. The molecule has 8 heteroatoms. The molecule has 6 heterocycles. The first kappa shape index (κ1) is 35.4. The molecular weight excluding hydrogens is 791 g/mol. The molecule has 0 bridgehead atoms. The number of pyridine rings is 1. The molecule has 0 saturated heterocycles. The predicted octanol–water partition coefficient (Wildman–Crippen LogP) is 13.9. The minimum Gasteiger partial charge on any atom is -0.309 e. The molecule has 0 N–H and O–H groups in total. The van der Waals surface area contributed by atoms with Crippen molar-refractivity contribution in [2.45, 2.75) is 0 Å². The second kappa shape index (κ2) is 14.1. The van der Waals surface area contributed by atoms with Gasteiger partial charge in [-0.05, 0) is 60.7 Å². The van der Waals surface area contributed by atoms with Crippen molar-refractivity contribution in [3.05, 3.63) is 201 Å². The summed E-state index contributed by atoms with van der Waals surface area (Å²) in [7, 11) is 0. The van der Waals surface area contributed by atoms with Gasteiger partial charge in [0, 0.05) is 71.8 Å². The van der Waals surface area contributed by atoms with Crippen LogP contribution in [-0.2, 0) is 0 Å². The molecule has 0 fully saturated rings. The van der Waals surface area contributed by atoms with E-state index in [0.717, 1.165) is 89.2 Å². The average molecular weight is 824 g/mol. The van der Waals surface area contributed by atoms with E-state index in [2.05, 4.69) is 149 Å². The summed E-state index contributed by atoms with van der Waals surface area (Å²) in [6.07, 6.45) is 5.60. The van der Waals surface area contributed by atoms with E-state index in [9.17, 15) is 0 Å². The molecule has 0 atom stereocenters. The van der Waals surface area contributed by atoms with Crippen molar-refractivity contribution in [3.8, 4) is 56.7 Å². The molecule has 0 unspecified atom stereocenters. The first-order valence-corrected chi connectivity index (χ1v) is 21.7. The van der Waals surface area contributed by atoms with Gasteiger partial charge in [-0.15, -0.1) is 11.3 Å².